The first kappa shape index (κ1) is 14.2. The molecular formula is C15H19ClN4O. The predicted octanol–water partition coefficient (Wildman–Crippen LogP) is 2.66. The van der Waals surface area contributed by atoms with E-state index in [4.69, 9.17) is 11.6 Å². The van der Waals surface area contributed by atoms with Crippen LogP contribution in [-0.2, 0) is 4.79 Å². The van der Waals surface area contributed by atoms with Crippen molar-refractivity contribution in [3.63, 3.8) is 0 Å². The lowest BCUT2D eigenvalue weighted by atomic mass is 10.0. The van der Waals surface area contributed by atoms with Gasteiger partial charge in [0.1, 0.15) is 0 Å². The minimum atomic E-state index is 0.133. The van der Waals surface area contributed by atoms with E-state index in [1.165, 1.54) is 0 Å². The zero-order valence-electron chi connectivity index (χ0n) is 12.3. The lowest BCUT2D eigenvalue weighted by molar-refractivity contribution is -0.129. The lowest BCUT2D eigenvalue weighted by Crippen LogP contribution is -2.45. The van der Waals surface area contributed by atoms with E-state index in [1.807, 2.05) is 30.3 Å². The van der Waals surface area contributed by atoms with E-state index < -0.39 is 0 Å². The van der Waals surface area contributed by atoms with Crippen molar-refractivity contribution in [3.8, 4) is 0 Å². The van der Waals surface area contributed by atoms with E-state index in [-0.39, 0.29) is 5.91 Å². The van der Waals surface area contributed by atoms with Crippen molar-refractivity contribution in [1.29, 1.82) is 0 Å². The topological polar surface area (TPSA) is 52.2 Å². The van der Waals surface area contributed by atoms with Gasteiger partial charge in [-0.25, -0.2) is 0 Å². The van der Waals surface area contributed by atoms with Crippen LogP contribution in [0.4, 0.5) is 5.69 Å². The Morgan fingerprint density at radius 3 is 2.81 bits per heavy atom. The number of amides is 1. The third kappa shape index (κ3) is 2.70. The highest BCUT2D eigenvalue weighted by Gasteiger charge is 2.25. The van der Waals surface area contributed by atoms with Crippen molar-refractivity contribution in [2.75, 3.05) is 25.0 Å². The Hall–Kier alpha value is -1.75. The number of H-pyrrole nitrogens is 1. The van der Waals surface area contributed by atoms with E-state index in [0.29, 0.717) is 11.1 Å². The van der Waals surface area contributed by atoms with Crippen molar-refractivity contribution < 1.29 is 4.79 Å². The summed E-state index contributed by atoms with van der Waals surface area (Å²) in [6.45, 7) is 3.46. The third-order valence-electron chi connectivity index (χ3n) is 4.35. The summed E-state index contributed by atoms with van der Waals surface area (Å²) in [4.78, 5) is 15.6. The fourth-order valence-electron chi connectivity index (χ4n) is 3.01. The van der Waals surface area contributed by atoms with Gasteiger partial charge in [-0.2, -0.15) is 5.10 Å². The maximum atomic E-state index is 11.5. The number of fused-ring (bicyclic) bond motifs is 1. The Balaban J connectivity index is 1.80. The lowest BCUT2D eigenvalue weighted by Gasteiger charge is -2.37. The summed E-state index contributed by atoms with van der Waals surface area (Å²) in [7, 11) is 1.89. The summed E-state index contributed by atoms with van der Waals surface area (Å²) in [5, 5.41) is 8.88. The average molecular weight is 307 g/mol. The fraction of sp³-hybridized carbons (Fsp3) is 0.467. The van der Waals surface area contributed by atoms with Crippen LogP contribution in [0, 0.1) is 0 Å². The second kappa shape index (κ2) is 5.56. The number of aromatic amines is 1. The van der Waals surface area contributed by atoms with Gasteiger partial charge in [0, 0.05) is 49.2 Å². The molecule has 1 aromatic heterocycles. The van der Waals surface area contributed by atoms with Crippen LogP contribution >= 0.6 is 11.6 Å². The number of rotatable bonds is 2. The Morgan fingerprint density at radius 1 is 1.43 bits per heavy atom. The number of benzene rings is 1. The third-order valence-corrected chi connectivity index (χ3v) is 4.57. The van der Waals surface area contributed by atoms with Gasteiger partial charge in [0.15, 0.2) is 0 Å². The molecule has 0 radical (unpaired) electrons. The van der Waals surface area contributed by atoms with Crippen LogP contribution in [0.15, 0.2) is 18.3 Å². The number of nitrogens with zero attached hydrogens (tertiary/aromatic N) is 3. The second-order valence-corrected chi connectivity index (χ2v) is 6.04. The number of carbonyl (C=O) groups is 1. The largest absolute Gasteiger partial charge is 0.371 e. The van der Waals surface area contributed by atoms with Crippen molar-refractivity contribution in [2.24, 2.45) is 0 Å². The summed E-state index contributed by atoms with van der Waals surface area (Å²) in [6.07, 6.45) is 3.79. The van der Waals surface area contributed by atoms with Gasteiger partial charge in [0.05, 0.1) is 11.7 Å². The van der Waals surface area contributed by atoms with Crippen LogP contribution in [0.25, 0.3) is 10.9 Å². The maximum absolute atomic E-state index is 11.5. The standard InChI is InChI=1S/C15H19ClN4O/c1-10(21)19(2)12-3-5-20(6-4-12)15-8-11(16)7-14-13(15)9-17-18-14/h7-9,12H,3-6H2,1-2H3,(H,17,18). The first-order valence-corrected chi connectivity index (χ1v) is 7.55. The molecule has 1 N–H and O–H groups in total. The number of nitrogens with one attached hydrogen (secondary N) is 1. The molecule has 21 heavy (non-hydrogen) atoms. The normalized spacial score (nSPS) is 16.4. The van der Waals surface area contributed by atoms with Gasteiger partial charge in [-0.1, -0.05) is 11.6 Å². The molecule has 2 aromatic rings. The molecule has 2 heterocycles. The number of hydrogen-bond donors (Lipinski definition) is 1. The number of aromatic nitrogens is 2. The monoisotopic (exact) mass is 306 g/mol. The highest BCUT2D eigenvalue weighted by Crippen LogP contribution is 2.32. The van der Waals surface area contributed by atoms with Gasteiger partial charge >= 0.3 is 0 Å². The number of anilines is 1. The summed E-state index contributed by atoms with van der Waals surface area (Å²) < 4.78 is 0. The van der Waals surface area contributed by atoms with Crippen molar-refractivity contribution in [2.45, 2.75) is 25.8 Å². The molecule has 0 spiro atoms. The number of hydrogen-bond acceptors (Lipinski definition) is 3. The summed E-state index contributed by atoms with van der Waals surface area (Å²) in [6, 6.07) is 4.22. The molecular weight excluding hydrogens is 288 g/mol. The van der Waals surface area contributed by atoms with Crippen molar-refractivity contribution in [1.82, 2.24) is 15.1 Å². The minimum absolute atomic E-state index is 0.133. The predicted molar refractivity (Wildman–Crippen MR) is 84.8 cm³/mol. The molecule has 1 aromatic carbocycles. The molecule has 1 fully saturated rings. The van der Waals surface area contributed by atoms with Gasteiger partial charge in [-0.3, -0.25) is 9.89 Å². The van der Waals surface area contributed by atoms with Gasteiger partial charge in [-0.05, 0) is 25.0 Å². The molecule has 1 aliphatic rings. The van der Waals surface area contributed by atoms with Gasteiger partial charge in [-0.15, -0.1) is 0 Å². The van der Waals surface area contributed by atoms with Crippen LogP contribution in [0.1, 0.15) is 19.8 Å². The molecule has 1 saturated heterocycles. The molecule has 1 amide bonds. The molecule has 3 rings (SSSR count). The quantitative estimate of drug-likeness (QED) is 0.928. The number of piperidine rings is 1. The maximum Gasteiger partial charge on any atom is 0.219 e. The number of carbonyl (C=O) groups excluding carboxylic acids is 1. The number of halogens is 1. The molecule has 5 nitrogen and oxygen atoms in total. The van der Waals surface area contributed by atoms with E-state index in [0.717, 1.165) is 42.5 Å². The Labute approximate surface area is 128 Å². The van der Waals surface area contributed by atoms with Crippen LogP contribution in [0.3, 0.4) is 0 Å². The van der Waals surface area contributed by atoms with Crippen LogP contribution in [-0.4, -0.2) is 47.2 Å². The summed E-state index contributed by atoms with van der Waals surface area (Å²) in [5.41, 5.74) is 2.08. The van der Waals surface area contributed by atoms with Crippen LogP contribution < -0.4 is 4.90 Å². The first-order valence-electron chi connectivity index (χ1n) is 7.17. The first-order chi connectivity index (χ1) is 10.1. The molecule has 0 atom stereocenters. The minimum Gasteiger partial charge on any atom is -0.371 e. The van der Waals surface area contributed by atoms with Gasteiger partial charge in [0.25, 0.3) is 0 Å². The molecule has 0 aliphatic carbocycles. The van der Waals surface area contributed by atoms with Crippen molar-refractivity contribution >= 4 is 34.1 Å². The molecule has 0 unspecified atom stereocenters. The molecule has 112 valence electrons. The van der Waals surface area contributed by atoms with E-state index in [9.17, 15) is 4.79 Å². The van der Waals surface area contributed by atoms with Crippen LogP contribution in [0.5, 0.6) is 0 Å². The molecule has 0 bridgehead atoms. The van der Waals surface area contributed by atoms with E-state index in [1.54, 1.807) is 6.92 Å². The Kier molecular flexibility index (Phi) is 3.76. The SMILES string of the molecule is CC(=O)N(C)C1CCN(c2cc(Cl)cc3[nH]ncc23)CC1. The summed E-state index contributed by atoms with van der Waals surface area (Å²) >= 11 is 6.19. The zero-order chi connectivity index (χ0) is 15.0. The molecule has 1 aliphatic heterocycles. The van der Waals surface area contributed by atoms with Crippen LogP contribution in [0.2, 0.25) is 5.02 Å². The highest BCUT2D eigenvalue weighted by molar-refractivity contribution is 6.31. The van der Waals surface area contributed by atoms with Crippen molar-refractivity contribution in [3.05, 3.63) is 23.4 Å². The molecule has 0 saturated carbocycles. The molecule has 6 heteroatoms. The van der Waals surface area contributed by atoms with Gasteiger partial charge in [0.2, 0.25) is 5.91 Å². The fourth-order valence-corrected chi connectivity index (χ4v) is 3.22. The Bertz CT molecular complexity index is 661. The van der Waals surface area contributed by atoms with E-state index in [2.05, 4.69) is 15.1 Å². The summed E-state index contributed by atoms with van der Waals surface area (Å²) in [5.74, 6) is 0.133. The average Bonchev–Trinajstić information content (AvgIpc) is 2.93. The van der Waals surface area contributed by atoms with E-state index >= 15 is 0 Å². The Morgan fingerprint density at radius 2 is 2.14 bits per heavy atom. The zero-order valence-corrected chi connectivity index (χ0v) is 13.0. The van der Waals surface area contributed by atoms with Gasteiger partial charge < -0.3 is 9.80 Å². The highest BCUT2D eigenvalue weighted by atomic mass is 35.5. The second-order valence-electron chi connectivity index (χ2n) is 5.60. The smallest absolute Gasteiger partial charge is 0.219 e.